The van der Waals surface area contributed by atoms with Gasteiger partial charge in [-0.15, -0.1) is 0 Å². The number of rotatable bonds is 0. The van der Waals surface area contributed by atoms with Crippen LogP contribution in [-0.4, -0.2) is 24.4 Å². The summed E-state index contributed by atoms with van der Waals surface area (Å²) in [4.78, 5) is 14.4. The molecule has 2 aliphatic heterocycles. The summed E-state index contributed by atoms with van der Waals surface area (Å²) in [6.45, 7) is 0.495. The maximum absolute atomic E-state index is 12.7. The van der Waals surface area contributed by atoms with Crippen LogP contribution < -0.4 is 4.74 Å². The van der Waals surface area contributed by atoms with Gasteiger partial charge in [0.2, 0.25) is 5.91 Å². The van der Waals surface area contributed by atoms with Gasteiger partial charge in [-0.1, -0.05) is 29.8 Å². The number of carbonyl (C=O) groups is 1. The van der Waals surface area contributed by atoms with Gasteiger partial charge in [0.15, 0.2) is 0 Å². The highest BCUT2D eigenvalue weighted by atomic mass is 35.5. The predicted octanol–water partition coefficient (Wildman–Crippen LogP) is 3.79. The number of ether oxygens (including phenoxy) is 1. The van der Waals surface area contributed by atoms with Crippen molar-refractivity contribution in [2.45, 2.75) is 11.8 Å². The molecule has 4 heteroatoms. The van der Waals surface area contributed by atoms with Gasteiger partial charge in [0, 0.05) is 37.0 Å². The van der Waals surface area contributed by atoms with Crippen LogP contribution in [0.25, 0.3) is 0 Å². The van der Waals surface area contributed by atoms with E-state index in [1.165, 1.54) is 0 Å². The fourth-order valence-electron chi connectivity index (χ4n) is 3.14. The molecule has 4 rings (SSSR count). The number of hydrogen-bond acceptors (Lipinski definition) is 2. The average Bonchev–Trinajstić information content (AvgIpc) is 2.69. The molecule has 0 bridgehead atoms. The average molecular weight is 301 g/mol. The number of fused-ring (bicyclic) bond motifs is 5. The van der Waals surface area contributed by atoms with E-state index in [0.717, 1.165) is 5.56 Å². The zero-order chi connectivity index (χ0) is 15.5. The van der Waals surface area contributed by atoms with Crippen LogP contribution in [0.15, 0.2) is 42.5 Å². The van der Waals surface area contributed by atoms with Crippen molar-refractivity contribution in [3.05, 3.63) is 58.6 Å². The van der Waals surface area contributed by atoms with E-state index in [1.54, 1.807) is 30.1 Å². The largest absolute Gasteiger partial charge is 0.457 e. The topological polar surface area (TPSA) is 29.5 Å². The van der Waals surface area contributed by atoms with Crippen molar-refractivity contribution in [2.75, 3.05) is 13.6 Å². The predicted molar refractivity (Wildman–Crippen MR) is 81.1 cm³/mol. The SMILES string of the molecule is [2H][C@@]12C(=O)N(C)C[C@H]1c1ccccc1Oc1ccc(Cl)cc12. The van der Waals surface area contributed by atoms with Crippen LogP contribution in [0.5, 0.6) is 11.5 Å². The van der Waals surface area contributed by atoms with Crippen LogP contribution in [-0.2, 0) is 4.79 Å². The Hall–Kier alpha value is -2.00. The van der Waals surface area contributed by atoms with Gasteiger partial charge in [0.05, 0.1) is 5.89 Å². The highest BCUT2D eigenvalue weighted by Crippen LogP contribution is 2.50. The molecule has 0 N–H and O–H groups in total. The third-order valence-corrected chi connectivity index (χ3v) is 4.36. The van der Waals surface area contributed by atoms with Gasteiger partial charge in [0.25, 0.3) is 0 Å². The van der Waals surface area contributed by atoms with E-state index in [1.807, 2.05) is 24.3 Å². The molecule has 0 unspecified atom stereocenters. The van der Waals surface area contributed by atoms with Gasteiger partial charge < -0.3 is 9.64 Å². The van der Waals surface area contributed by atoms with Crippen LogP contribution in [0.2, 0.25) is 5.02 Å². The first-order valence-electron chi connectivity index (χ1n) is 7.34. The Morgan fingerprint density at radius 1 is 1.24 bits per heavy atom. The maximum atomic E-state index is 12.7. The van der Waals surface area contributed by atoms with Gasteiger partial charge >= 0.3 is 0 Å². The molecule has 1 fully saturated rings. The third kappa shape index (κ3) is 1.84. The summed E-state index contributed by atoms with van der Waals surface area (Å²) in [6, 6.07) is 12.8. The molecule has 2 heterocycles. The Labute approximate surface area is 129 Å². The van der Waals surface area contributed by atoms with Crippen molar-refractivity contribution >= 4 is 17.5 Å². The number of halogens is 1. The van der Waals surface area contributed by atoms with E-state index in [9.17, 15) is 4.79 Å². The number of likely N-dealkylation sites (N-methyl/N-ethyl adjacent to an activating group) is 1. The normalized spacial score (nSPS) is 27.1. The van der Waals surface area contributed by atoms with E-state index < -0.39 is 5.89 Å². The first kappa shape index (κ1) is 11.6. The number of carbonyl (C=O) groups excluding carboxylic acids is 1. The van der Waals surface area contributed by atoms with Gasteiger partial charge in [-0.25, -0.2) is 0 Å². The van der Waals surface area contributed by atoms with Crippen molar-refractivity contribution in [1.82, 2.24) is 4.90 Å². The molecule has 0 aliphatic carbocycles. The summed E-state index contributed by atoms with van der Waals surface area (Å²) in [6.07, 6.45) is 0. The molecule has 0 spiro atoms. The Morgan fingerprint density at radius 2 is 2.00 bits per heavy atom. The molecule has 2 aromatic carbocycles. The van der Waals surface area contributed by atoms with E-state index in [2.05, 4.69) is 0 Å². The summed E-state index contributed by atoms with van der Waals surface area (Å²) in [5.74, 6) is -0.671. The van der Waals surface area contributed by atoms with Crippen molar-refractivity contribution in [3.63, 3.8) is 0 Å². The molecular weight excluding hydrogens is 286 g/mol. The molecule has 0 radical (unpaired) electrons. The summed E-state index contributed by atoms with van der Waals surface area (Å²) in [7, 11) is 1.74. The molecule has 0 saturated carbocycles. The van der Waals surface area contributed by atoms with Gasteiger partial charge in [-0.2, -0.15) is 0 Å². The van der Waals surface area contributed by atoms with Crippen LogP contribution >= 0.6 is 11.6 Å². The lowest BCUT2D eigenvalue weighted by Crippen LogP contribution is -2.21. The Morgan fingerprint density at radius 3 is 2.86 bits per heavy atom. The Balaban J connectivity index is 2.05. The zero-order valence-electron chi connectivity index (χ0n) is 12.5. The molecular formula is C17H14ClNO2. The molecule has 1 amide bonds. The number of nitrogens with zero attached hydrogens (tertiary/aromatic N) is 1. The lowest BCUT2D eigenvalue weighted by atomic mass is 9.84. The van der Waals surface area contributed by atoms with Crippen molar-refractivity contribution in [1.29, 1.82) is 0 Å². The second kappa shape index (κ2) is 4.50. The molecule has 2 atom stereocenters. The highest BCUT2D eigenvalue weighted by Gasteiger charge is 2.44. The number of benzene rings is 2. The fraction of sp³-hybridized carbons (Fsp3) is 0.235. The molecule has 3 nitrogen and oxygen atoms in total. The van der Waals surface area contributed by atoms with Crippen LogP contribution in [0.3, 0.4) is 0 Å². The molecule has 2 aliphatic rings. The molecule has 21 heavy (non-hydrogen) atoms. The first-order chi connectivity index (χ1) is 10.5. The van der Waals surface area contributed by atoms with E-state index in [0.29, 0.717) is 28.6 Å². The molecule has 1 saturated heterocycles. The lowest BCUT2D eigenvalue weighted by Gasteiger charge is -2.15. The smallest absolute Gasteiger partial charge is 0.230 e. The monoisotopic (exact) mass is 300 g/mol. The van der Waals surface area contributed by atoms with Crippen molar-refractivity contribution in [3.8, 4) is 11.5 Å². The molecule has 106 valence electrons. The summed E-state index contributed by atoms with van der Waals surface area (Å²) < 4.78 is 15.0. The fourth-order valence-corrected chi connectivity index (χ4v) is 3.31. The summed E-state index contributed by atoms with van der Waals surface area (Å²) in [5.41, 5.74) is 1.43. The third-order valence-electron chi connectivity index (χ3n) is 4.13. The standard InChI is InChI=1S/C17H14ClNO2/c1-19-9-13-11-4-2-3-5-14(11)21-15-7-6-10(18)8-12(15)16(13)17(19)20/h2-8,13,16H,9H2,1H3/t13-,16-/m0/s1/i16D. The minimum absolute atomic E-state index is 0.221. The minimum Gasteiger partial charge on any atom is -0.457 e. The summed E-state index contributed by atoms with van der Waals surface area (Å²) in [5, 5.41) is 0.501. The van der Waals surface area contributed by atoms with E-state index in [4.69, 9.17) is 17.7 Å². The van der Waals surface area contributed by atoms with Gasteiger partial charge in [0.1, 0.15) is 11.5 Å². The van der Waals surface area contributed by atoms with Crippen LogP contribution in [0, 0.1) is 0 Å². The van der Waals surface area contributed by atoms with Crippen LogP contribution in [0.4, 0.5) is 0 Å². The lowest BCUT2D eigenvalue weighted by molar-refractivity contribution is -0.127. The van der Waals surface area contributed by atoms with Gasteiger partial charge in [-0.05, 0) is 24.3 Å². The minimum atomic E-state index is -1.40. The second-order valence-electron chi connectivity index (χ2n) is 5.43. The quantitative estimate of drug-likeness (QED) is 0.741. The van der Waals surface area contributed by atoms with E-state index in [-0.39, 0.29) is 11.8 Å². The number of hydrogen-bond donors (Lipinski definition) is 0. The number of amides is 1. The number of para-hydroxylation sites is 1. The van der Waals surface area contributed by atoms with Gasteiger partial charge in [-0.3, -0.25) is 4.79 Å². The Kier molecular flexibility index (Phi) is 2.49. The van der Waals surface area contributed by atoms with Crippen LogP contribution in [0.1, 0.15) is 24.3 Å². The van der Waals surface area contributed by atoms with Crippen molar-refractivity contribution < 1.29 is 10.9 Å². The maximum Gasteiger partial charge on any atom is 0.230 e. The second-order valence-corrected chi connectivity index (χ2v) is 5.87. The zero-order valence-corrected chi connectivity index (χ0v) is 12.2. The summed E-state index contributed by atoms with van der Waals surface area (Å²) >= 11 is 6.11. The first-order valence-corrected chi connectivity index (χ1v) is 7.22. The highest BCUT2D eigenvalue weighted by molar-refractivity contribution is 6.30. The number of likely N-dealkylation sites (tertiary alicyclic amines) is 1. The Bertz CT molecular complexity index is 794. The van der Waals surface area contributed by atoms with E-state index >= 15 is 0 Å². The molecule has 0 aromatic heterocycles. The van der Waals surface area contributed by atoms with Crippen molar-refractivity contribution in [2.24, 2.45) is 0 Å². The molecule has 2 aromatic rings.